The third kappa shape index (κ3) is 6.78. The van der Waals surface area contributed by atoms with Crippen LogP contribution in [-0.2, 0) is 14.1 Å². The average molecular weight is 337 g/mol. The number of hydrogen-bond acceptors (Lipinski definition) is 5. The maximum Gasteiger partial charge on any atom is 0.220 e. The first kappa shape index (κ1) is 21.6. The van der Waals surface area contributed by atoms with Gasteiger partial charge in [-0.3, -0.25) is 4.79 Å². The van der Waals surface area contributed by atoms with Gasteiger partial charge in [-0.2, -0.15) is 0 Å². The fraction of sp³-hybridized carbons (Fsp3) is 0.933. The largest absolute Gasteiger partial charge is 0.395 e. The van der Waals surface area contributed by atoms with Crippen molar-refractivity contribution in [1.29, 1.82) is 0 Å². The number of ether oxygens (including phenoxy) is 1. The molecule has 132 valence electrons. The summed E-state index contributed by atoms with van der Waals surface area (Å²) in [5.41, 5.74) is 0. The van der Waals surface area contributed by atoms with Crippen LogP contribution < -0.4 is 5.32 Å². The first-order valence-corrected chi connectivity index (χ1v) is 10.2. The number of rotatable bonds is 12. The number of hydrogen-bond donors (Lipinski definition) is 3. The lowest BCUT2D eigenvalue weighted by Gasteiger charge is -2.36. The molecular weight excluding hydrogens is 305 g/mol. The van der Waals surface area contributed by atoms with Crippen LogP contribution in [0.25, 0.3) is 0 Å². The number of amides is 1. The first-order chi connectivity index (χ1) is 10.2. The first-order valence-electron chi connectivity index (χ1n) is 7.98. The van der Waals surface area contributed by atoms with Crippen LogP contribution in [0, 0.1) is 0 Å². The molecule has 0 aromatic carbocycles. The molecule has 0 bridgehead atoms. The molecule has 0 heterocycles. The summed E-state index contributed by atoms with van der Waals surface area (Å²) < 4.78 is 18.4. The standard InChI is InChI=1S/C15H32NO5P/c1-5-15(3,22(4,20)13(2)18)21-12-8-6-7-9-14(19)16-10-11-17/h13,17-18H,5-12H2,1-4H3,(H,16,19). The van der Waals surface area contributed by atoms with Gasteiger partial charge in [-0.05, 0) is 39.8 Å². The van der Waals surface area contributed by atoms with Crippen LogP contribution in [0.3, 0.4) is 0 Å². The minimum absolute atomic E-state index is 0.0461. The van der Waals surface area contributed by atoms with Gasteiger partial charge in [-0.15, -0.1) is 0 Å². The van der Waals surface area contributed by atoms with Crippen molar-refractivity contribution in [2.75, 3.05) is 26.4 Å². The van der Waals surface area contributed by atoms with Crippen molar-refractivity contribution in [3.8, 4) is 0 Å². The fourth-order valence-corrected chi connectivity index (χ4v) is 3.85. The topological polar surface area (TPSA) is 95.9 Å². The van der Waals surface area contributed by atoms with E-state index in [-0.39, 0.29) is 12.5 Å². The number of unbranched alkanes of at least 4 members (excludes halogenated alkanes) is 2. The average Bonchev–Trinajstić information content (AvgIpc) is 2.47. The Morgan fingerprint density at radius 3 is 2.50 bits per heavy atom. The SMILES string of the molecule is CCC(C)(OCCCCCC(=O)NCCO)P(C)(=O)C(C)O. The highest BCUT2D eigenvalue weighted by atomic mass is 31.2. The molecule has 0 aliphatic carbocycles. The third-order valence-electron chi connectivity index (χ3n) is 4.20. The Balaban J connectivity index is 4.03. The Bertz CT molecular complexity index is 375. The van der Waals surface area contributed by atoms with Crippen molar-refractivity contribution in [3.63, 3.8) is 0 Å². The summed E-state index contributed by atoms with van der Waals surface area (Å²) in [5, 5.41) is 20.1. The quantitative estimate of drug-likeness (QED) is 0.374. The highest BCUT2D eigenvalue weighted by molar-refractivity contribution is 7.65. The molecule has 0 fully saturated rings. The molecular formula is C15H32NO5P. The summed E-state index contributed by atoms with van der Waals surface area (Å²) in [5.74, 6) is -0.937. The zero-order valence-corrected chi connectivity index (χ0v) is 15.2. The van der Waals surface area contributed by atoms with E-state index in [1.807, 2.05) is 6.92 Å². The predicted octanol–water partition coefficient (Wildman–Crippen LogP) is 2.13. The lowest BCUT2D eigenvalue weighted by atomic mass is 10.2. The van der Waals surface area contributed by atoms with Gasteiger partial charge in [-0.1, -0.05) is 13.3 Å². The zero-order chi connectivity index (χ0) is 17.2. The van der Waals surface area contributed by atoms with E-state index >= 15 is 0 Å². The van der Waals surface area contributed by atoms with E-state index in [9.17, 15) is 14.5 Å². The Labute approximate surface area is 134 Å². The van der Waals surface area contributed by atoms with Crippen molar-refractivity contribution in [2.24, 2.45) is 0 Å². The molecule has 22 heavy (non-hydrogen) atoms. The summed E-state index contributed by atoms with van der Waals surface area (Å²) in [4.78, 5) is 11.3. The Morgan fingerprint density at radius 1 is 1.36 bits per heavy atom. The minimum atomic E-state index is -2.82. The van der Waals surface area contributed by atoms with Crippen molar-refractivity contribution in [2.45, 2.75) is 64.1 Å². The van der Waals surface area contributed by atoms with E-state index < -0.39 is 18.3 Å². The molecule has 3 unspecified atom stereocenters. The second-order valence-corrected chi connectivity index (χ2v) is 9.56. The van der Waals surface area contributed by atoms with Gasteiger partial charge in [0, 0.05) is 19.6 Å². The number of nitrogens with one attached hydrogen (secondary N) is 1. The van der Waals surface area contributed by atoms with Gasteiger partial charge in [0.05, 0.1) is 6.61 Å². The van der Waals surface area contributed by atoms with Crippen LogP contribution in [0.1, 0.15) is 52.9 Å². The maximum atomic E-state index is 12.6. The molecule has 0 aliphatic rings. The molecule has 0 spiro atoms. The smallest absolute Gasteiger partial charge is 0.220 e. The Morgan fingerprint density at radius 2 is 2.00 bits per heavy atom. The molecule has 3 N–H and O–H groups in total. The van der Waals surface area contributed by atoms with E-state index in [0.29, 0.717) is 26.0 Å². The lowest BCUT2D eigenvalue weighted by Crippen LogP contribution is -2.32. The normalized spacial score (nSPS) is 18.3. The molecule has 7 heteroatoms. The second-order valence-electron chi connectivity index (χ2n) is 5.88. The fourth-order valence-electron chi connectivity index (χ4n) is 2.08. The predicted molar refractivity (Wildman–Crippen MR) is 88.4 cm³/mol. The lowest BCUT2D eigenvalue weighted by molar-refractivity contribution is -0.121. The number of carbonyl (C=O) groups is 1. The van der Waals surface area contributed by atoms with Gasteiger partial charge < -0.3 is 24.8 Å². The van der Waals surface area contributed by atoms with Crippen LogP contribution in [0.5, 0.6) is 0 Å². The van der Waals surface area contributed by atoms with E-state index in [2.05, 4.69) is 5.32 Å². The third-order valence-corrected chi connectivity index (χ3v) is 7.95. The second kappa shape index (κ2) is 10.4. The molecule has 0 radical (unpaired) electrons. The summed E-state index contributed by atoms with van der Waals surface area (Å²) in [6.45, 7) is 7.55. The molecule has 0 aromatic heterocycles. The van der Waals surface area contributed by atoms with Gasteiger partial charge in [0.2, 0.25) is 5.91 Å². The molecule has 1 amide bonds. The van der Waals surface area contributed by atoms with Gasteiger partial charge in [-0.25, -0.2) is 0 Å². The maximum absolute atomic E-state index is 12.6. The monoisotopic (exact) mass is 337 g/mol. The van der Waals surface area contributed by atoms with Crippen LogP contribution in [0.15, 0.2) is 0 Å². The molecule has 0 aliphatic heterocycles. The highest BCUT2D eigenvalue weighted by Gasteiger charge is 2.43. The van der Waals surface area contributed by atoms with Crippen molar-refractivity contribution in [3.05, 3.63) is 0 Å². The molecule has 0 saturated heterocycles. The van der Waals surface area contributed by atoms with E-state index in [1.165, 1.54) is 0 Å². The minimum Gasteiger partial charge on any atom is -0.395 e. The van der Waals surface area contributed by atoms with E-state index in [4.69, 9.17) is 9.84 Å². The van der Waals surface area contributed by atoms with Gasteiger partial charge in [0.15, 0.2) is 0 Å². The van der Waals surface area contributed by atoms with Crippen molar-refractivity contribution >= 4 is 13.0 Å². The van der Waals surface area contributed by atoms with E-state index in [0.717, 1.165) is 19.3 Å². The van der Waals surface area contributed by atoms with Gasteiger partial charge in [0.1, 0.15) is 18.3 Å². The van der Waals surface area contributed by atoms with Crippen LogP contribution in [-0.4, -0.2) is 53.7 Å². The summed E-state index contributed by atoms with van der Waals surface area (Å²) in [7, 11) is -2.82. The van der Waals surface area contributed by atoms with Crippen LogP contribution in [0.4, 0.5) is 0 Å². The molecule has 0 saturated carbocycles. The zero-order valence-electron chi connectivity index (χ0n) is 14.3. The van der Waals surface area contributed by atoms with Gasteiger partial charge in [0.25, 0.3) is 0 Å². The van der Waals surface area contributed by atoms with E-state index in [1.54, 1.807) is 20.5 Å². The van der Waals surface area contributed by atoms with Crippen molar-refractivity contribution < 1.29 is 24.3 Å². The molecule has 3 atom stereocenters. The number of aliphatic hydroxyl groups excluding tert-OH is 2. The number of aliphatic hydroxyl groups is 2. The Kier molecular flexibility index (Phi) is 10.2. The summed E-state index contributed by atoms with van der Waals surface area (Å²) in [6, 6.07) is 0. The van der Waals surface area contributed by atoms with Gasteiger partial charge >= 0.3 is 0 Å². The van der Waals surface area contributed by atoms with Crippen molar-refractivity contribution in [1.82, 2.24) is 5.32 Å². The molecule has 0 aromatic rings. The molecule has 0 rings (SSSR count). The van der Waals surface area contributed by atoms with Crippen LogP contribution >= 0.6 is 7.14 Å². The summed E-state index contributed by atoms with van der Waals surface area (Å²) in [6.07, 6.45) is 3.39. The Hall–Kier alpha value is -0.420. The molecule has 6 nitrogen and oxygen atoms in total. The highest BCUT2D eigenvalue weighted by Crippen LogP contribution is 2.59. The van der Waals surface area contributed by atoms with Crippen LogP contribution in [0.2, 0.25) is 0 Å². The number of carbonyl (C=O) groups excluding carboxylic acids is 1. The summed E-state index contributed by atoms with van der Waals surface area (Å²) >= 11 is 0.